The van der Waals surface area contributed by atoms with Gasteiger partial charge in [0.15, 0.2) is 0 Å². The van der Waals surface area contributed by atoms with Crippen LogP contribution in [0.2, 0.25) is 0 Å². The van der Waals surface area contributed by atoms with Crippen molar-refractivity contribution in [2.75, 3.05) is 7.05 Å². The summed E-state index contributed by atoms with van der Waals surface area (Å²) in [6, 6.07) is 14.2. The van der Waals surface area contributed by atoms with Crippen LogP contribution in [0.4, 0.5) is 0 Å². The average Bonchev–Trinajstić information content (AvgIpc) is 2.99. The Labute approximate surface area is 131 Å². The van der Waals surface area contributed by atoms with Gasteiger partial charge in [0, 0.05) is 31.0 Å². The van der Waals surface area contributed by atoms with Crippen LogP contribution in [0.25, 0.3) is 5.69 Å². The van der Waals surface area contributed by atoms with Gasteiger partial charge in [0.05, 0.1) is 17.6 Å². The van der Waals surface area contributed by atoms with Gasteiger partial charge < -0.3 is 0 Å². The molecule has 0 unspecified atom stereocenters. The van der Waals surface area contributed by atoms with Gasteiger partial charge in [-0.1, -0.05) is 24.3 Å². The Morgan fingerprint density at radius 3 is 2.64 bits per heavy atom. The van der Waals surface area contributed by atoms with Crippen molar-refractivity contribution in [1.29, 1.82) is 0 Å². The van der Waals surface area contributed by atoms with E-state index in [2.05, 4.69) is 53.3 Å². The highest BCUT2D eigenvalue weighted by Crippen LogP contribution is 2.11. The highest BCUT2D eigenvalue weighted by atomic mass is 15.3. The number of para-hydroxylation sites is 1. The fourth-order valence-electron chi connectivity index (χ4n) is 2.47. The molecule has 3 rings (SSSR count). The van der Waals surface area contributed by atoms with E-state index in [-0.39, 0.29) is 0 Å². The summed E-state index contributed by atoms with van der Waals surface area (Å²) in [6.45, 7) is 3.79. The number of pyridine rings is 1. The summed E-state index contributed by atoms with van der Waals surface area (Å²) >= 11 is 0. The molecule has 0 radical (unpaired) electrons. The van der Waals surface area contributed by atoms with Crippen molar-refractivity contribution in [3.05, 3.63) is 77.9 Å². The highest BCUT2D eigenvalue weighted by Gasteiger charge is 2.07. The van der Waals surface area contributed by atoms with Crippen molar-refractivity contribution in [2.45, 2.75) is 20.0 Å². The molecule has 0 saturated carbocycles. The van der Waals surface area contributed by atoms with Crippen molar-refractivity contribution in [3.8, 4) is 5.69 Å². The maximum Gasteiger partial charge on any atom is 0.0645 e. The van der Waals surface area contributed by atoms with Crippen LogP contribution in [0, 0.1) is 6.92 Å². The maximum atomic E-state index is 4.45. The first-order valence-electron chi connectivity index (χ1n) is 7.40. The number of nitrogens with zero attached hydrogens (tertiary/aromatic N) is 4. The van der Waals surface area contributed by atoms with E-state index in [4.69, 9.17) is 0 Å². The lowest BCUT2D eigenvalue weighted by atomic mass is 10.2. The lowest BCUT2D eigenvalue weighted by molar-refractivity contribution is 0.314. The summed E-state index contributed by atoms with van der Waals surface area (Å²) in [5, 5.41) is 4.44. The van der Waals surface area contributed by atoms with E-state index in [9.17, 15) is 0 Å². The largest absolute Gasteiger partial charge is 0.296 e. The molecule has 0 fully saturated rings. The molecule has 0 N–H and O–H groups in total. The van der Waals surface area contributed by atoms with E-state index >= 15 is 0 Å². The normalized spacial score (nSPS) is 11.0. The fourth-order valence-corrected chi connectivity index (χ4v) is 2.47. The minimum Gasteiger partial charge on any atom is -0.296 e. The molecule has 0 amide bonds. The van der Waals surface area contributed by atoms with Crippen molar-refractivity contribution in [1.82, 2.24) is 19.7 Å². The fraction of sp³-hybridized carbons (Fsp3) is 0.222. The van der Waals surface area contributed by atoms with Gasteiger partial charge in [-0.2, -0.15) is 5.10 Å². The van der Waals surface area contributed by atoms with Crippen LogP contribution in [0.1, 0.15) is 16.8 Å². The smallest absolute Gasteiger partial charge is 0.0645 e. The van der Waals surface area contributed by atoms with Crippen molar-refractivity contribution in [3.63, 3.8) is 0 Å². The summed E-state index contributed by atoms with van der Waals surface area (Å²) in [7, 11) is 2.11. The Bertz CT molecular complexity index is 734. The number of aryl methyl sites for hydroxylation is 1. The lowest BCUT2D eigenvalue weighted by Gasteiger charge is -2.16. The van der Waals surface area contributed by atoms with Crippen LogP contribution in [0.15, 0.2) is 61.1 Å². The summed E-state index contributed by atoms with van der Waals surface area (Å²) in [4.78, 5) is 6.70. The molecule has 4 nitrogen and oxygen atoms in total. The minimum atomic E-state index is 0.836. The maximum absolute atomic E-state index is 4.45. The monoisotopic (exact) mass is 292 g/mol. The third-order valence-corrected chi connectivity index (χ3v) is 3.65. The molecular weight excluding hydrogens is 272 g/mol. The molecule has 4 heteroatoms. The van der Waals surface area contributed by atoms with Gasteiger partial charge in [-0.25, -0.2) is 4.68 Å². The second kappa shape index (κ2) is 6.54. The molecule has 0 atom stereocenters. The van der Waals surface area contributed by atoms with Crippen LogP contribution < -0.4 is 0 Å². The van der Waals surface area contributed by atoms with E-state index in [0.717, 1.165) is 24.5 Å². The second-order valence-electron chi connectivity index (χ2n) is 5.57. The van der Waals surface area contributed by atoms with Gasteiger partial charge in [0.2, 0.25) is 0 Å². The zero-order chi connectivity index (χ0) is 15.4. The highest BCUT2D eigenvalue weighted by molar-refractivity contribution is 5.30. The Kier molecular flexibility index (Phi) is 4.30. The summed E-state index contributed by atoms with van der Waals surface area (Å²) in [5.41, 5.74) is 4.63. The molecular formula is C18H20N4. The van der Waals surface area contributed by atoms with Gasteiger partial charge in [0.25, 0.3) is 0 Å². The molecule has 0 aliphatic rings. The molecule has 3 aromatic rings. The van der Waals surface area contributed by atoms with Crippen LogP contribution in [-0.2, 0) is 13.1 Å². The van der Waals surface area contributed by atoms with Crippen LogP contribution >= 0.6 is 0 Å². The van der Waals surface area contributed by atoms with Crippen molar-refractivity contribution >= 4 is 0 Å². The average molecular weight is 292 g/mol. The zero-order valence-electron chi connectivity index (χ0n) is 13.0. The Hall–Kier alpha value is -2.46. The molecule has 2 heterocycles. The van der Waals surface area contributed by atoms with Crippen LogP contribution in [0.3, 0.4) is 0 Å². The molecule has 0 spiro atoms. The standard InChI is InChI=1S/C18H20N4/c1-15-7-6-10-19-18(15)14-21(2)12-16-11-20-22(13-16)17-8-4-3-5-9-17/h3-11,13H,12,14H2,1-2H3. The zero-order valence-corrected chi connectivity index (χ0v) is 13.0. The van der Waals surface area contributed by atoms with Crippen LogP contribution in [-0.4, -0.2) is 26.7 Å². The summed E-state index contributed by atoms with van der Waals surface area (Å²) < 4.78 is 1.91. The Morgan fingerprint density at radius 1 is 1.05 bits per heavy atom. The van der Waals surface area contributed by atoms with E-state index in [1.54, 1.807) is 0 Å². The molecule has 22 heavy (non-hydrogen) atoms. The predicted molar refractivity (Wildman–Crippen MR) is 87.7 cm³/mol. The third-order valence-electron chi connectivity index (χ3n) is 3.65. The number of hydrogen-bond donors (Lipinski definition) is 0. The van der Waals surface area contributed by atoms with Gasteiger partial charge in [-0.3, -0.25) is 9.88 Å². The predicted octanol–water partition coefficient (Wildman–Crippen LogP) is 3.21. The van der Waals surface area contributed by atoms with Gasteiger partial charge in [-0.05, 0) is 37.7 Å². The van der Waals surface area contributed by atoms with E-state index in [1.807, 2.05) is 41.3 Å². The molecule has 0 aliphatic heterocycles. The molecule has 0 bridgehead atoms. The topological polar surface area (TPSA) is 34.0 Å². The summed E-state index contributed by atoms with van der Waals surface area (Å²) in [5.74, 6) is 0. The molecule has 0 saturated heterocycles. The lowest BCUT2D eigenvalue weighted by Crippen LogP contribution is -2.18. The van der Waals surface area contributed by atoms with Crippen LogP contribution in [0.5, 0.6) is 0 Å². The van der Waals surface area contributed by atoms with E-state index in [0.29, 0.717) is 0 Å². The molecule has 2 aromatic heterocycles. The number of benzene rings is 1. The number of aromatic nitrogens is 3. The Balaban J connectivity index is 1.66. The quantitative estimate of drug-likeness (QED) is 0.724. The Morgan fingerprint density at radius 2 is 1.86 bits per heavy atom. The van der Waals surface area contributed by atoms with Gasteiger partial charge in [0.1, 0.15) is 0 Å². The number of hydrogen-bond acceptors (Lipinski definition) is 3. The van der Waals surface area contributed by atoms with E-state index < -0.39 is 0 Å². The van der Waals surface area contributed by atoms with Gasteiger partial charge >= 0.3 is 0 Å². The molecule has 112 valence electrons. The molecule has 0 aliphatic carbocycles. The first-order valence-corrected chi connectivity index (χ1v) is 7.40. The van der Waals surface area contributed by atoms with E-state index in [1.165, 1.54) is 11.1 Å². The first kappa shape index (κ1) is 14.5. The van der Waals surface area contributed by atoms with Gasteiger partial charge in [-0.15, -0.1) is 0 Å². The summed E-state index contributed by atoms with van der Waals surface area (Å²) in [6.07, 6.45) is 5.86. The minimum absolute atomic E-state index is 0.836. The first-order chi connectivity index (χ1) is 10.7. The van der Waals surface area contributed by atoms with Crippen molar-refractivity contribution in [2.24, 2.45) is 0 Å². The van der Waals surface area contributed by atoms with Crippen molar-refractivity contribution < 1.29 is 0 Å². The SMILES string of the molecule is Cc1cccnc1CN(C)Cc1cnn(-c2ccccc2)c1. The third kappa shape index (κ3) is 3.40. The molecule has 1 aromatic carbocycles. The number of rotatable bonds is 5. The second-order valence-corrected chi connectivity index (χ2v) is 5.57.